The highest BCUT2D eigenvalue weighted by Gasteiger charge is 2.05. The predicted octanol–water partition coefficient (Wildman–Crippen LogP) is 3.41. The molecule has 16 heavy (non-hydrogen) atoms. The average Bonchev–Trinajstić information content (AvgIpc) is 2.27. The summed E-state index contributed by atoms with van der Waals surface area (Å²) in [7, 11) is 0. The maximum atomic E-state index is 5.73. The van der Waals surface area contributed by atoms with Gasteiger partial charge >= 0.3 is 0 Å². The largest absolute Gasteiger partial charge is 0.330 e. The minimum absolute atomic E-state index is 0.635. The van der Waals surface area contributed by atoms with Crippen molar-refractivity contribution in [1.29, 1.82) is 0 Å². The average molecular weight is 219 g/mol. The second kappa shape index (κ2) is 6.70. The molecule has 0 saturated heterocycles. The third-order valence-corrected chi connectivity index (χ3v) is 3.10. The Morgan fingerprint density at radius 3 is 1.88 bits per heavy atom. The molecule has 1 heteroatoms. The van der Waals surface area contributed by atoms with Crippen molar-refractivity contribution < 1.29 is 0 Å². The van der Waals surface area contributed by atoms with Gasteiger partial charge in [0.05, 0.1) is 0 Å². The Morgan fingerprint density at radius 2 is 1.50 bits per heavy atom. The Bertz CT molecular complexity index is 283. The molecule has 1 aromatic carbocycles. The molecular weight excluding hydrogens is 194 g/mol. The van der Waals surface area contributed by atoms with Crippen molar-refractivity contribution in [3.05, 3.63) is 35.4 Å². The predicted molar refractivity (Wildman–Crippen MR) is 71.5 cm³/mol. The molecule has 0 aliphatic rings. The van der Waals surface area contributed by atoms with Gasteiger partial charge in [-0.2, -0.15) is 0 Å². The Kier molecular flexibility index (Phi) is 5.54. The molecule has 0 aromatic heterocycles. The molecule has 0 spiro atoms. The standard InChI is InChI=1S/C15H25N/c1-4-13(11-16)10-15-7-5-14(6-8-15)9-12(2)3/h5-8,12-13H,4,9-11,16H2,1-3H3. The third-order valence-electron chi connectivity index (χ3n) is 3.10. The van der Waals surface area contributed by atoms with Gasteiger partial charge in [-0.25, -0.2) is 0 Å². The Balaban J connectivity index is 2.57. The van der Waals surface area contributed by atoms with E-state index in [4.69, 9.17) is 5.73 Å². The van der Waals surface area contributed by atoms with Gasteiger partial charge in [-0.1, -0.05) is 51.5 Å². The summed E-state index contributed by atoms with van der Waals surface area (Å²) >= 11 is 0. The smallest absolute Gasteiger partial charge is 0.00458 e. The third kappa shape index (κ3) is 4.36. The van der Waals surface area contributed by atoms with Crippen LogP contribution in [0.4, 0.5) is 0 Å². The summed E-state index contributed by atoms with van der Waals surface area (Å²) in [6, 6.07) is 9.04. The molecular formula is C15H25N. The van der Waals surface area contributed by atoms with Gasteiger partial charge in [-0.05, 0) is 42.3 Å². The molecule has 0 aliphatic heterocycles. The minimum Gasteiger partial charge on any atom is -0.330 e. The number of rotatable bonds is 6. The van der Waals surface area contributed by atoms with Crippen molar-refractivity contribution in [2.45, 2.75) is 40.0 Å². The van der Waals surface area contributed by atoms with E-state index in [2.05, 4.69) is 45.0 Å². The molecule has 1 atom stereocenters. The van der Waals surface area contributed by atoms with Crippen molar-refractivity contribution in [3.8, 4) is 0 Å². The molecule has 0 radical (unpaired) electrons. The van der Waals surface area contributed by atoms with Crippen molar-refractivity contribution in [2.24, 2.45) is 17.6 Å². The van der Waals surface area contributed by atoms with Crippen LogP contribution in [0, 0.1) is 11.8 Å². The van der Waals surface area contributed by atoms with E-state index in [1.165, 1.54) is 24.0 Å². The molecule has 1 nitrogen and oxygen atoms in total. The van der Waals surface area contributed by atoms with E-state index in [9.17, 15) is 0 Å². The zero-order valence-electron chi connectivity index (χ0n) is 10.9. The summed E-state index contributed by atoms with van der Waals surface area (Å²) in [5.41, 5.74) is 8.59. The summed E-state index contributed by atoms with van der Waals surface area (Å²) in [6.07, 6.45) is 3.47. The number of hydrogen-bond donors (Lipinski definition) is 1. The fraction of sp³-hybridized carbons (Fsp3) is 0.600. The highest BCUT2D eigenvalue weighted by molar-refractivity contribution is 5.23. The van der Waals surface area contributed by atoms with Crippen LogP contribution in [0.3, 0.4) is 0 Å². The lowest BCUT2D eigenvalue weighted by Gasteiger charge is -2.12. The lowest BCUT2D eigenvalue weighted by molar-refractivity contribution is 0.518. The van der Waals surface area contributed by atoms with Crippen LogP contribution in [0.5, 0.6) is 0 Å². The summed E-state index contributed by atoms with van der Waals surface area (Å²) in [5, 5.41) is 0. The van der Waals surface area contributed by atoms with Crippen LogP contribution in [-0.2, 0) is 12.8 Å². The van der Waals surface area contributed by atoms with Gasteiger partial charge in [0.1, 0.15) is 0 Å². The van der Waals surface area contributed by atoms with Crippen LogP contribution in [0.25, 0.3) is 0 Å². The van der Waals surface area contributed by atoms with E-state index in [0.29, 0.717) is 5.92 Å². The molecule has 2 N–H and O–H groups in total. The van der Waals surface area contributed by atoms with Gasteiger partial charge in [0.15, 0.2) is 0 Å². The molecule has 1 unspecified atom stereocenters. The molecule has 0 amide bonds. The summed E-state index contributed by atoms with van der Waals surface area (Å²) < 4.78 is 0. The van der Waals surface area contributed by atoms with Gasteiger partial charge < -0.3 is 5.73 Å². The Labute approximate surface area is 100 Å². The second-order valence-electron chi connectivity index (χ2n) is 5.13. The van der Waals surface area contributed by atoms with E-state index in [1.54, 1.807) is 0 Å². The van der Waals surface area contributed by atoms with Crippen LogP contribution in [0.1, 0.15) is 38.3 Å². The molecule has 0 aliphatic carbocycles. The van der Waals surface area contributed by atoms with E-state index in [-0.39, 0.29) is 0 Å². The first-order valence-electron chi connectivity index (χ1n) is 6.43. The van der Waals surface area contributed by atoms with Gasteiger partial charge in [0.2, 0.25) is 0 Å². The van der Waals surface area contributed by atoms with E-state index < -0.39 is 0 Å². The quantitative estimate of drug-likeness (QED) is 0.779. The first-order chi connectivity index (χ1) is 7.65. The highest BCUT2D eigenvalue weighted by atomic mass is 14.5. The monoisotopic (exact) mass is 219 g/mol. The molecule has 1 rings (SSSR count). The molecule has 0 fully saturated rings. The number of nitrogens with two attached hydrogens (primary N) is 1. The van der Waals surface area contributed by atoms with Crippen LogP contribution in [0.15, 0.2) is 24.3 Å². The van der Waals surface area contributed by atoms with Crippen LogP contribution in [-0.4, -0.2) is 6.54 Å². The summed E-state index contributed by atoms with van der Waals surface area (Å²) in [6.45, 7) is 7.53. The normalized spacial score (nSPS) is 13.1. The van der Waals surface area contributed by atoms with Crippen molar-refractivity contribution in [2.75, 3.05) is 6.54 Å². The van der Waals surface area contributed by atoms with E-state index in [1.807, 2.05) is 0 Å². The number of benzene rings is 1. The molecule has 0 saturated carbocycles. The van der Waals surface area contributed by atoms with Crippen LogP contribution >= 0.6 is 0 Å². The van der Waals surface area contributed by atoms with Gasteiger partial charge in [-0.15, -0.1) is 0 Å². The lowest BCUT2D eigenvalue weighted by Crippen LogP contribution is -2.15. The maximum Gasteiger partial charge on any atom is -0.00458 e. The zero-order valence-corrected chi connectivity index (χ0v) is 10.9. The van der Waals surface area contributed by atoms with Gasteiger partial charge in [0, 0.05) is 0 Å². The first kappa shape index (κ1) is 13.2. The maximum absolute atomic E-state index is 5.73. The molecule has 0 heterocycles. The summed E-state index contributed by atoms with van der Waals surface area (Å²) in [4.78, 5) is 0. The fourth-order valence-corrected chi connectivity index (χ4v) is 2.01. The van der Waals surface area contributed by atoms with Crippen LogP contribution < -0.4 is 5.73 Å². The molecule has 90 valence electrons. The Morgan fingerprint density at radius 1 is 1.00 bits per heavy atom. The van der Waals surface area contributed by atoms with Crippen LogP contribution in [0.2, 0.25) is 0 Å². The van der Waals surface area contributed by atoms with Gasteiger partial charge in [-0.3, -0.25) is 0 Å². The highest BCUT2D eigenvalue weighted by Crippen LogP contribution is 2.14. The zero-order chi connectivity index (χ0) is 12.0. The minimum atomic E-state index is 0.635. The van der Waals surface area contributed by atoms with E-state index in [0.717, 1.165) is 18.9 Å². The van der Waals surface area contributed by atoms with Crippen molar-refractivity contribution in [1.82, 2.24) is 0 Å². The first-order valence-corrected chi connectivity index (χ1v) is 6.43. The van der Waals surface area contributed by atoms with E-state index >= 15 is 0 Å². The van der Waals surface area contributed by atoms with Crippen molar-refractivity contribution >= 4 is 0 Å². The SMILES string of the molecule is CCC(CN)Cc1ccc(CC(C)C)cc1. The Hall–Kier alpha value is -0.820. The number of hydrogen-bond acceptors (Lipinski definition) is 1. The lowest BCUT2D eigenvalue weighted by atomic mass is 9.95. The van der Waals surface area contributed by atoms with Gasteiger partial charge in [0.25, 0.3) is 0 Å². The van der Waals surface area contributed by atoms with Crippen molar-refractivity contribution in [3.63, 3.8) is 0 Å². The topological polar surface area (TPSA) is 26.0 Å². The fourth-order valence-electron chi connectivity index (χ4n) is 2.01. The molecule has 0 bridgehead atoms. The molecule has 1 aromatic rings. The summed E-state index contributed by atoms with van der Waals surface area (Å²) in [5.74, 6) is 1.37. The second-order valence-corrected chi connectivity index (χ2v) is 5.13.